The average molecular weight is 422 g/mol. The molecule has 9 heteroatoms. The van der Waals surface area contributed by atoms with Gasteiger partial charge in [0.05, 0.1) is 18.7 Å². The number of H-pyrrole nitrogens is 1. The summed E-state index contributed by atoms with van der Waals surface area (Å²) in [5.74, 6) is 0.292. The summed E-state index contributed by atoms with van der Waals surface area (Å²) in [6.45, 7) is 2.56. The lowest BCUT2D eigenvalue weighted by atomic mass is 10.2. The van der Waals surface area contributed by atoms with E-state index in [1.165, 1.54) is 11.3 Å². The maximum Gasteiger partial charge on any atom is 0.439 e. The third kappa shape index (κ3) is 4.64. The third-order valence-electron chi connectivity index (χ3n) is 4.17. The molecule has 0 bridgehead atoms. The smallest absolute Gasteiger partial charge is 0.439 e. The van der Waals surface area contributed by atoms with Gasteiger partial charge in [-0.05, 0) is 43.3 Å². The van der Waals surface area contributed by atoms with E-state index in [4.69, 9.17) is 4.74 Å². The number of rotatable bonds is 7. The molecule has 0 saturated carbocycles. The van der Waals surface area contributed by atoms with Crippen LogP contribution in [-0.4, -0.2) is 27.6 Å². The number of carbonyl (C=O) groups excluding carboxylic acids is 1. The molecule has 4 aromatic rings. The molecule has 0 aliphatic rings. The lowest BCUT2D eigenvalue weighted by molar-refractivity contribution is -0.115. The number of anilines is 1. The van der Waals surface area contributed by atoms with E-state index in [1.807, 2.05) is 36.6 Å². The molecule has 0 aliphatic heterocycles. The average Bonchev–Trinajstić information content (AvgIpc) is 3.38. The molecular weight excluding hydrogens is 404 g/mol. The van der Waals surface area contributed by atoms with Crippen molar-refractivity contribution in [2.75, 3.05) is 11.9 Å². The number of benzene rings is 2. The fraction of sp³-hybridized carbons (Fsp3) is 0.143. The molecule has 0 unspecified atom stereocenters. The highest BCUT2D eigenvalue weighted by Crippen LogP contribution is 2.26. The fourth-order valence-corrected chi connectivity index (χ4v) is 3.68. The molecule has 0 atom stereocenters. The van der Waals surface area contributed by atoms with Crippen LogP contribution in [0.3, 0.4) is 0 Å². The Morgan fingerprint density at radius 2 is 2.03 bits per heavy atom. The SMILES string of the molecule is CCOc1ccc(-c2nc(CC(=O)Nc3cccc(-c4noc(=O)[nH]4)c3)cs2)cc1. The molecule has 0 aliphatic carbocycles. The van der Waals surface area contributed by atoms with E-state index in [-0.39, 0.29) is 12.3 Å². The lowest BCUT2D eigenvalue weighted by Crippen LogP contribution is -2.14. The second-order valence-corrected chi connectivity index (χ2v) is 7.21. The van der Waals surface area contributed by atoms with Crippen molar-refractivity contribution in [1.29, 1.82) is 0 Å². The van der Waals surface area contributed by atoms with E-state index < -0.39 is 5.76 Å². The molecule has 2 aromatic carbocycles. The van der Waals surface area contributed by atoms with Gasteiger partial charge in [0.1, 0.15) is 10.8 Å². The van der Waals surface area contributed by atoms with E-state index in [9.17, 15) is 9.59 Å². The first-order valence-electron chi connectivity index (χ1n) is 9.24. The molecule has 0 spiro atoms. The maximum absolute atomic E-state index is 12.4. The minimum absolute atomic E-state index is 0.151. The summed E-state index contributed by atoms with van der Waals surface area (Å²) in [4.78, 5) is 30.6. The van der Waals surface area contributed by atoms with Gasteiger partial charge in [-0.2, -0.15) is 0 Å². The zero-order valence-electron chi connectivity index (χ0n) is 16.0. The van der Waals surface area contributed by atoms with Crippen molar-refractivity contribution in [1.82, 2.24) is 15.1 Å². The number of thiazole rings is 1. The number of ether oxygens (including phenoxy) is 1. The highest BCUT2D eigenvalue weighted by Gasteiger charge is 2.11. The van der Waals surface area contributed by atoms with E-state index >= 15 is 0 Å². The molecule has 2 aromatic heterocycles. The van der Waals surface area contributed by atoms with Gasteiger partial charge in [-0.1, -0.05) is 17.3 Å². The van der Waals surface area contributed by atoms with Crippen molar-refractivity contribution in [3.8, 4) is 27.7 Å². The Kier molecular flexibility index (Phi) is 5.71. The monoisotopic (exact) mass is 422 g/mol. The van der Waals surface area contributed by atoms with E-state index in [1.54, 1.807) is 24.3 Å². The van der Waals surface area contributed by atoms with Crippen LogP contribution in [0.1, 0.15) is 12.6 Å². The van der Waals surface area contributed by atoms with Crippen LogP contribution in [0.4, 0.5) is 5.69 Å². The highest BCUT2D eigenvalue weighted by molar-refractivity contribution is 7.13. The molecule has 4 rings (SSSR count). The summed E-state index contributed by atoms with van der Waals surface area (Å²) in [6, 6.07) is 14.7. The number of hydrogen-bond acceptors (Lipinski definition) is 7. The van der Waals surface area contributed by atoms with Crippen LogP contribution in [0.2, 0.25) is 0 Å². The maximum atomic E-state index is 12.4. The van der Waals surface area contributed by atoms with Gasteiger partial charge in [0, 0.05) is 22.2 Å². The topological polar surface area (TPSA) is 110 Å². The summed E-state index contributed by atoms with van der Waals surface area (Å²) in [6.07, 6.45) is 0.151. The number of aromatic nitrogens is 3. The summed E-state index contributed by atoms with van der Waals surface area (Å²) >= 11 is 1.49. The van der Waals surface area contributed by atoms with Crippen molar-refractivity contribution in [3.63, 3.8) is 0 Å². The predicted octanol–water partition coefficient (Wildman–Crippen LogP) is 3.73. The Labute approximate surface area is 175 Å². The quantitative estimate of drug-likeness (QED) is 0.470. The first kappa shape index (κ1) is 19.6. The minimum atomic E-state index is -0.633. The van der Waals surface area contributed by atoms with Gasteiger partial charge in [0.2, 0.25) is 5.91 Å². The van der Waals surface area contributed by atoms with Gasteiger partial charge in [-0.25, -0.2) is 9.78 Å². The molecule has 0 saturated heterocycles. The standard InChI is InChI=1S/C21H18N4O4S/c1-2-28-17-8-6-13(7-9-17)20-23-16(12-30-20)11-18(26)22-15-5-3-4-14(10-15)19-24-21(27)29-25-19/h3-10,12H,2,11H2,1H3,(H,22,26)(H,24,25,27). The molecule has 1 amide bonds. The third-order valence-corrected chi connectivity index (χ3v) is 5.11. The summed E-state index contributed by atoms with van der Waals surface area (Å²) in [5.41, 5.74) is 2.89. The van der Waals surface area contributed by atoms with E-state index in [0.717, 1.165) is 16.3 Å². The normalized spacial score (nSPS) is 10.7. The van der Waals surface area contributed by atoms with Gasteiger partial charge < -0.3 is 10.1 Å². The Hall–Kier alpha value is -3.72. The number of carbonyl (C=O) groups is 1. The van der Waals surface area contributed by atoms with Crippen molar-refractivity contribution < 1.29 is 14.1 Å². The van der Waals surface area contributed by atoms with E-state index in [2.05, 4.69) is 25.0 Å². The molecule has 8 nitrogen and oxygen atoms in total. The van der Waals surface area contributed by atoms with Gasteiger partial charge >= 0.3 is 5.76 Å². The number of amides is 1. The van der Waals surface area contributed by atoms with Gasteiger partial charge in [-0.15, -0.1) is 11.3 Å². The summed E-state index contributed by atoms with van der Waals surface area (Å²) < 4.78 is 9.97. The molecule has 0 fully saturated rings. The van der Waals surface area contributed by atoms with Crippen LogP contribution in [-0.2, 0) is 11.2 Å². The van der Waals surface area contributed by atoms with Crippen LogP contribution in [0.5, 0.6) is 5.75 Å². The van der Waals surface area contributed by atoms with Crippen molar-refractivity contribution >= 4 is 22.9 Å². The van der Waals surface area contributed by atoms with Gasteiger partial charge in [0.25, 0.3) is 0 Å². The zero-order chi connectivity index (χ0) is 20.9. The van der Waals surface area contributed by atoms with Gasteiger partial charge in [0.15, 0.2) is 5.82 Å². The highest BCUT2D eigenvalue weighted by atomic mass is 32.1. The molecule has 152 valence electrons. The Morgan fingerprint density at radius 3 is 2.77 bits per heavy atom. The summed E-state index contributed by atoms with van der Waals surface area (Å²) in [7, 11) is 0. The first-order valence-corrected chi connectivity index (χ1v) is 10.1. The largest absolute Gasteiger partial charge is 0.494 e. The summed E-state index contributed by atoms with van der Waals surface area (Å²) in [5, 5.41) is 9.21. The second kappa shape index (κ2) is 8.75. The Morgan fingerprint density at radius 1 is 1.20 bits per heavy atom. The van der Waals surface area contributed by atoms with Crippen LogP contribution < -0.4 is 15.8 Å². The predicted molar refractivity (Wildman–Crippen MR) is 114 cm³/mol. The number of hydrogen-bond donors (Lipinski definition) is 2. The van der Waals surface area contributed by atoms with E-state index in [0.29, 0.717) is 29.4 Å². The minimum Gasteiger partial charge on any atom is -0.494 e. The van der Waals surface area contributed by atoms with Crippen LogP contribution >= 0.6 is 11.3 Å². The van der Waals surface area contributed by atoms with Crippen molar-refractivity contribution in [2.24, 2.45) is 0 Å². The fourth-order valence-electron chi connectivity index (χ4n) is 2.85. The molecule has 30 heavy (non-hydrogen) atoms. The number of aromatic amines is 1. The Bertz CT molecular complexity index is 1210. The second-order valence-electron chi connectivity index (χ2n) is 6.35. The lowest BCUT2D eigenvalue weighted by Gasteiger charge is -2.05. The van der Waals surface area contributed by atoms with Gasteiger partial charge in [-0.3, -0.25) is 14.3 Å². The first-order chi connectivity index (χ1) is 14.6. The number of nitrogens with one attached hydrogen (secondary N) is 2. The molecule has 0 radical (unpaired) electrons. The van der Waals surface area contributed by atoms with Crippen LogP contribution in [0.15, 0.2) is 63.2 Å². The zero-order valence-corrected chi connectivity index (χ0v) is 16.9. The van der Waals surface area contributed by atoms with Crippen LogP contribution in [0.25, 0.3) is 22.0 Å². The van der Waals surface area contributed by atoms with Crippen LogP contribution in [0, 0.1) is 0 Å². The Balaban J connectivity index is 1.41. The van der Waals surface area contributed by atoms with Crippen molar-refractivity contribution in [3.05, 3.63) is 70.2 Å². The molecular formula is C21H18N4O4S. The van der Waals surface area contributed by atoms with Crippen molar-refractivity contribution in [2.45, 2.75) is 13.3 Å². The molecule has 2 N–H and O–H groups in total. The number of nitrogens with zero attached hydrogens (tertiary/aromatic N) is 2. The molecule has 2 heterocycles.